The number of carbonyl (C=O) groups is 1. The van der Waals surface area contributed by atoms with Gasteiger partial charge in [0.2, 0.25) is 0 Å². The molecule has 0 amide bonds. The summed E-state index contributed by atoms with van der Waals surface area (Å²) < 4.78 is 4.90. The fourth-order valence-corrected chi connectivity index (χ4v) is 1.62. The molecule has 0 unspecified atom stereocenters. The first kappa shape index (κ1) is 10.6. The predicted molar refractivity (Wildman–Crippen MR) is 62.1 cm³/mol. The Morgan fingerprint density at radius 2 is 2.19 bits per heavy atom. The van der Waals surface area contributed by atoms with Gasteiger partial charge in [-0.05, 0) is 30.0 Å². The second-order valence-electron chi connectivity index (χ2n) is 3.54. The molecule has 82 valence electrons. The van der Waals surface area contributed by atoms with Crippen molar-refractivity contribution in [1.82, 2.24) is 4.98 Å². The number of esters is 1. The molecule has 0 aliphatic heterocycles. The van der Waals surface area contributed by atoms with Gasteiger partial charge in [-0.15, -0.1) is 0 Å². The molecular formula is C13H13NO2. The highest BCUT2D eigenvalue weighted by Gasteiger charge is 2.04. The van der Waals surface area contributed by atoms with Crippen LogP contribution in [0.5, 0.6) is 0 Å². The van der Waals surface area contributed by atoms with Gasteiger partial charge in [0.05, 0.1) is 13.0 Å². The van der Waals surface area contributed by atoms with Gasteiger partial charge in [0, 0.05) is 17.8 Å². The molecule has 0 atom stereocenters. The number of fused-ring (bicyclic) bond motifs is 1. The summed E-state index contributed by atoms with van der Waals surface area (Å²) in [6.07, 6.45) is 3.87. The van der Waals surface area contributed by atoms with Gasteiger partial charge in [-0.2, -0.15) is 0 Å². The van der Waals surface area contributed by atoms with E-state index >= 15 is 0 Å². The molecule has 0 radical (unpaired) electrons. The zero-order valence-corrected chi connectivity index (χ0v) is 9.14. The highest BCUT2D eigenvalue weighted by Crippen LogP contribution is 2.14. The molecule has 16 heavy (non-hydrogen) atoms. The van der Waals surface area contributed by atoms with Crippen LogP contribution in [0.4, 0.5) is 0 Å². The number of hydrogen-bond acceptors (Lipinski definition) is 3. The van der Waals surface area contributed by atoms with E-state index in [1.807, 2.05) is 31.2 Å². The Labute approximate surface area is 94.1 Å². The van der Waals surface area contributed by atoms with Crippen LogP contribution in [0.1, 0.15) is 12.5 Å². The Morgan fingerprint density at radius 3 is 3.00 bits per heavy atom. The maximum atomic E-state index is 11.3. The molecule has 0 bridgehead atoms. The largest absolute Gasteiger partial charge is 0.466 e. The third kappa shape index (κ3) is 2.37. The number of benzene rings is 1. The van der Waals surface area contributed by atoms with E-state index in [-0.39, 0.29) is 5.97 Å². The van der Waals surface area contributed by atoms with Gasteiger partial charge in [-0.1, -0.05) is 12.1 Å². The van der Waals surface area contributed by atoms with Gasteiger partial charge in [-0.3, -0.25) is 9.78 Å². The van der Waals surface area contributed by atoms with E-state index < -0.39 is 0 Å². The number of rotatable bonds is 3. The van der Waals surface area contributed by atoms with E-state index in [1.54, 1.807) is 12.4 Å². The normalized spacial score (nSPS) is 10.3. The van der Waals surface area contributed by atoms with Gasteiger partial charge in [-0.25, -0.2) is 0 Å². The van der Waals surface area contributed by atoms with Crippen LogP contribution in [0.25, 0.3) is 10.8 Å². The fourth-order valence-electron chi connectivity index (χ4n) is 1.62. The van der Waals surface area contributed by atoms with Crippen molar-refractivity contribution < 1.29 is 9.53 Å². The average molecular weight is 215 g/mol. The molecule has 0 aliphatic rings. The monoisotopic (exact) mass is 215 g/mol. The predicted octanol–water partition coefficient (Wildman–Crippen LogP) is 2.34. The summed E-state index contributed by atoms with van der Waals surface area (Å²) in [6, 6.07) is 7.85. The Bertz CT molecular complexity index is 508. The van der Waals surface area contributed by atoms with Crippen LogP contribution < -0.4 is 0 Å². The van der Waals surface area contributed by atoms with Crippen LogP contribution >= 0.6 is 0 Å². The molecule has 0 aliphatic carbocycles. The minimum atomic E-state index is -0.189. The lowest BCUT2D eigenvalue weighted by atomic mass is 10.1. The maximum absolute atomic E-state index is 11.3. The van der Waals surface area contributed by atoms with Gasteiger partial charge in [0.15, 0.2) is 0 Å². The van der Waals surface area contributed by atoms with E-state index in [4.69, 9.17) is 4.74 Å². The number of ether oxygens (including phenoxy) is 1. The van der Waals surface area contributed by atoms with Crippen molar-refractivity contribution in [3.63, 3.8) is 0 Å². The van der Waals surface area contributed by atoms with E-state index in [0.717, 1.165) is 16.3 Å². The quantitative estimate of drug-likeness (QED) is 0.738. The second kappa shape index (κ2) is 4.75. The smallest absolute Gasteiger partial charge is 0.310 e. The van der Waals surface area contributed by atoms with Gasteiger partial charge < -0.3 is 4.74 Å². The Balaban J connectivity index is 2.22. The van der Waals surface area contributed by atoms with Crippen LogP contribution in [0.2, 0.25) is 0 Å². The lowest BCUT2D eigenvalue weighted by Crippen LogP contribution is -2.07. The van der Waals surface area contributed by atoms with Crippen molar-refractivity contribution in [2.75, 3.05) is 6.61 Å². The molecule has 1 aromatic heterocycles. The molecular weight excluding hydrogens is 202 g/mol. The summed E-state index contributed by atoms with van der Waals surface area (Å²) in [5.74, 6) is -0.189. The van der Waals surface area contributed by atoms with Crippen molar-refractivity contribution in [2.45, 2.75) is 13.3 Å². The highest BCUT2D eigenvalue weighted by atomic mass is 16.5. The van der Waals surface area contributed by atoms with Crippen LogP contribution in [0.15, 0.2) is 36.7 Å². The molecule has 2 rings (SSSR count). The Hall–Kier alpha value is -1.90. The third-order valence-electron chi connectivity index (χ3n) is 2.36. The molecule has 0 N–H and O–H groups in total. The molecule has 3 nitrogen and oxygen atoms in total. The van der Waals surface area contributed by atoms with Crippen molar-refractivity contribution in [1.29, 1.82) is 0 Å². The molecule has 1 heterocycles. The van der Waals surface area contributed by atoms with Gasteiger partial charge in [0.25, 0.3) is 0 Å². The summed E-state index contributed by atoms with van der Waals surface area (Å²) >= 11 is 0. The topological polar surface area (TPSA) is 39.2 Å². The molecule has 0 saturated heterocycles. The summed E-state index contributed by atoms with van der Waals surface area (Å²) in [4.78, 5) is 15.4. The number of nitrogens with zero attached hydrogens (tertiary/aromatic N) is 1. The summed E-state index contributed by atoms with van der Waals surface area (Å²) in [7, 11) is 0. The Morgan fingerprint density at radius 1 is 1.31 bits per heavy atom. The molecule has 2 aromatic rings. The fraction of sp³-hybridized carbons (Fsp3) is 0.231. The lowest BCUT2D eigenvalue weighted by molar-refractivity contribution is -0.142. The summed E-state index contributed by atoms with van der Waals surface area (Å²) in [5, 5.41) is 2.17. The first-order chi connectivity index (χ1) is 7.79. The number of pyridine rings is 1. The van der Waals surface area contributed by atoms with E-state index in [9.17, 15) is 4.79 Å². The Kier molecular flexibility index (Phi) is 3.15. The third-order valence-corrected chi connectivity index (χ3v) is 2.36. The second-order valence-corrected chi connectivity index (χ2v) is 3.54. The first-order valence-electron chi connectivity index (χ1n) is 5.28. The van der Waals surface area contributed by atoms with Crippen LogP contribution in [0, 0.1) is 0 Å². The molecule has 3 heteroatoms. The van der Waals surface area contributed by atoms with E-state index in [1.165, 1.54) is 0 Å². The van der Waals surface area contributed by atoms with Crippen LogP contribution in [0.3, 0.4) is 0 Å². The first-order valence-corrected chi connectivity index (χ1v) is 5.28. The number of aromatic nitrogens is 1. The van der Waals surface area contributed by atoms with E-state index in [0.29, 0.717) is 13.0 Å². The molecule has 0 fully saturated rings. The highest BCUT2D eigenvalue weighted by molar-refractivity contribution is 5.83. The van der Waals surface area contributed by atoms with Crippen LogP contribution in [-0.4, -0.2) is 17.6 Å². The van der Waals surface area contributed by atoms with E-state index in [2.05, 4.69) is 4.98 Å². The van der Waals surface area contributed by atoms with Gasteiger partial charge in [0.1, 0.15) is 0 Å². The maximum Gasteiger partial charge on any atom is 0.310 e. The zero-order valence-electron chi connectivity index (χ0n) is 9.14. The number of hydrogen-bond donors (Lipinski definition) is 0. The SMILES string of the molecule is CCOC(=O)Cc1ccc2ccncc2c1. The standard InChI is InChI=1S/C13H13NO2/c1-2-16-13(15)8-10-3-4-11-5-6-14-9-12(11)7-10/h3-7,9H,2,8H2,1H3. The minimum absolute atomic E-state index is 0.189. The molecule has 0 spiro atoms. The summed E-state index contributed by atoms with van der Waals surface area (Å²) in [5.41, 5.74) is 0.957. The van der Waals surface area contributed by atoms with Crippen LogP contribution in [-0.2, 0) is 16.0 Å². The van der Waals surface area contributed by atoms with Crippen molar-refractivity contribution in [2.24, 2.45) is 0 Å². The molecule has 1 aromatic carbocycles. The van der Waals surface area contributed by atoms with Crippen molar-refractivity contribution in [3.05, 3.63) is 42.2 Å². The number of carbonyl (C=O) groups excluding carboxylic acids is 1. The van der Waals surface area contributed by atoms with Crippen molar-refractivity contribution in [3.8, 4) is 0 Å². The van der Waals surface area contributed by atoms with Crippen molar-refractivity contribution >= 4 is 16.7 Å². The zero-order chi connectivity index (χ0) is 11.4. The molecule has 0 saturated carbocycles. The summed E-state index contributed by atoms with van der Waals surface area (Å²) in [6.45, 7) is 2.23. The van der Waals surface area contributed by atoms with Gasteiger partial charge >= 0.3 is 5.97 Å². The minimum Gasteiger partial charge on any atom is -0.466 e. The lowest BCUT2D eigenvalue weighted by Gasteiger charge is -2.03. The average Bonchev–Trinajstić information content (AvgIpc) is 2.29.